The van der Waals surface area contributed by atoms with Crippen molar-refractivity contribution >= 4 is 21.6 Å². The fraction of sp³-hybridized carbons (Fsp3) is 0.263. The van der Waals surface area contributed by atoms with E-state index in [2.05, 4.69) is 4.72 Å². The van der Waals surface area contributed by atoms with Crippen LogP contribution in [0.25, 0.3) is 0 Å². The van der Waals surface area contributed by atoms with E-state index in [4.69, 9.17) is 10.00 Å². The Balaban J connectivity index is 2.12. The predicted molar refractivity (Wildman–Crippen MR) is 102 cm³/mol. The molecule has 27 heavy (non-hydrogen) atoms. The fourth-order valence-electron chi connectivity index (χ4n) is 2.63. The van der Waals surface area contributed by atoms with E-state index in [0.29, 0.717) is 22.6 Å². The SMILES string of the molecule is COc1ccc(S(=O)(=O)NCCN(C(C)=O)c2cccc(C#N)c2)c(C)c1. The molecule has 0 saturated carbocycles. The molecular weight excluding hydrogens is 366 g/mol. The highest BCUT2D eigenvalue weighted by molar-refractivity contribution is 7.89. The molecule has 0 aliphatic rings. The molecule has 0 atom stereocenters. The van der Waals surface area contributed by atoms with Gasteiger partial charge in [0.25, 0.3) is 0 Å². The third kappa shape index (κ3) is 5.06. The van der Waals surface area contributed by atoms with E-state index in [1.807, 2.05) is 6.07 Å². The maximum Gasteiger partial charge on any atom is 0.240 e. The molecule has 0 saturated heterocycles. The van der Waals surface area contributed by atoms with Crippen molar-refractivity contribution in [2.75, 3.05) is 25.1 Å². The molecule has 1 N–H and O–H groups in total. The molecule has 2 rings (SSSR count). The number of benzene rings is 2. The minimum absolute atomic E-state index is 0.0319. The van der Waals surface area contributed by atoms with Crippen molar-refractivity contribution in [2.24, 2.45) is 0 Å². The largest absolute Gasteiger partial charge is 0.497 e. The summed E-state index contributed by atoms with van der Waals surface area (Å²) in [5.74, 6) is 0.330. The zero-order valence-electron chi connectivity index (χ0n) is 15.4. The topological polar surface area (TPSA) is 99.5 Å². The molecule has 0 bridgehead atoms. The van der Waals surface area contributed by atoms with Crippen LogP contribution < -0.4 is 14.4 Å². The first-order valence-electron chi connectivity index (χ1n) is 8.21. The van der Waals surface area contributed by atoms with Crippen LogP contribution in [0, 0.1) is 18.3 Å². The Labute approximate surface area is 159 Å². The molecule has 142 valence electrons. The van der Waals surface area contributed by atoms with Crippen LogP contribution in [0.2, 0.25) is 0 Å². The zero-order valence-corrected chi connectivity index (χ0v) is 16.2. The van der Waals surface area contributed by atoms with E-state index in [-0.39, 0.29) is 23.9 Å². The van der Waals surface area contributed by atoms with Gasteiger partial charge in [-0.3, -0.25) is 4.79 Å². The minimum atomic E-state index is -3.73. The number of amides is 1. The van der Waals surface area contributed by atoms with Crippen molar-refractivity contribution in [3.63, 3.8) is 0 Å². The summed E-state index contributed by atoms with van der Waals surface area (Å²) in [5.41, 5.74) is 1.53. The molecule has 2 aromatic carbocycles. The van der Waals surface area contributed by atoms with Crippen LogP contribution in [-0.4, -0.2) is 34.5 Å². The van der Waals surface area contributed by atoms with Gasteiger partial charge in [0, 0.05) is 25.7 Å². The third-order valence-corrected chi connectivity index (χ3v) is 5.59. The highest BCUT2D eigenvalue weighted by Gasteiger charge is 2.18. The van der Waals surface area contributed by atoms with Gasteiger partial charge in [-0.1, -0.05) is 6.07 Å². The van der Waals surface area contributed by atoms with Crippen LogP contribution in [0.1, 0.15) is 18.1 Å². The Morgan fingerprint density at radius 2 is 2.00 bits per heavy atom. The highest BCUT2D eigenvalue weighted by Crippen LogP contribution is 2.21. The fourth-order valence-corrected chi connectivity index (χ4v) is 3.88. The number of methoxy groups -OCH3 is 1. The summed E-state index contributed by atoms with van der Waals surface area (Å²) in [7, 11) is -2.22. The summed E-state index contributed by atoms with van der Waals surface area (Å²) in [5, 5.41) is 9.00. The van der Waals surface area contributed by atoms with E-state index in [9.17, 15) is 13.2 Å². The van der Waals surface area contributed by atoms with E-state index >= 15 is 0 Å². The van der Waals surface area contributed by atoms with Gasteiger partial charge >= 0.3 is 0 Å². The number of anilines is 1. The average Bonchev–Trinajstić information content (AvgIpc) is 2.64. The number of carbonyl (C=O) groups excluding carboxylic acids is 1. The normalized spacial score (nSPS) is 10.9. The molecule has 2 aromatic rings. The lowest BCUT2D eigenvalue weighted by molar-refractivity contribution is -0.116. The molecule has 0 unspecified atom stereocenters. The smallest absolute Gasteiger partial charge is 0.240 e. The van der Waals surface area contributed by atoms with Crippen molar-refractivity contribution in [1.29, 1.82) is 5.26 Å². The van der Waals surface area contributed by atoms with Crippen LogP contribution in [-0.2, 0) is 14.8 Å². The molecule has 0 aliphatic carbocycles. The van der Waals surface area contributed by atoms with E-state index in [1.165, 1.54) is 25.0 Å². The Kier molecular flexibility index (Phi) is 6.55. The summed E-state index contributed by atoms with van der Waals surface area (Å²) in [6.45, 7) is 3.25. The molecule has 7 nitrogen and oxygen atoms in total. The number of nitriles is 1. The molecule has 8 heteroatoms. The van der Waals surface area contributed by atoms with Gasteiger partial charge in [-0.25, -0.2) is 13.1 Å². The molecule has 0 radical (unpaired) electrons. The van der Waals surface area contributed by atoms with Gasteiger partial charge in [0.1, 0.15) is 5.75 Å². The average molecular weight is 387 g/mol. The summed E-state index contributed by atoms with van der Waals surface area (Å²) >= 11 is 0. The van der Waals surface area contributed by atoms with Crippen LogP contribution in [0.5, 0.6) is 5.75 Å². The summed E-state index contributed by atoms with van der Waals surface area (Å²) in [6, 6.07) is 13.3. The summed E-state index contributed by atoms with van der Waals surface area (Å²) in [4.78, 5) is 13.5. The van der Waals surface area contributed by atoms with Crippen LogP contribution in [0.3, 0.4) is 0 Å². The number of carbonyl (C=O) groups is 1. The first kappa shape index (κ1) is 20.4. The number of ether oxygens (including phenoxy) is 1. The lowest BCUT2D eigenvalue weighted by atomic mass is 10.2. The number of nitrogens with zero attached hydrogens (tertiary/aromatic N) is 2. The third-order valence-electron chi connectivity index (χ3n) is 3.97. The molecule has 0 fully saturated rings. The van der Waals surface area contributed by atoms with Crippen molar-refractivity contribution in [2.45, 2.75) is 18.7 Å². The summed E-state index contributed by atoms with van der Waals surface area (Å²) in [6.07, 6.45) is 0. The van der Waals surface area contributed by atoms with Crippen molar-refractivity contribution < 1.29 is 17.9 Å². The highest BCUT2D eigenvalue weighted by atomic mass is 32.2. The van der Waals surface area contributed by atoms with Crippen molar-refractivity contribution in [3.05, 3.63) is 53.6 Å². The van der Waals surface area contributed by atoms with Gasteiger partial charge in [-0.2, -0.15) is 5.26 Å². The Hall–Kier alpha value is -2.89. The van der Waals surface area contributed by atoms with E-state index in [1.54, 1.807) is 43.3 Å². The monoisotopic (exact) mass is 387 g/mol. The van der Waals surface area contributed by atoms with Crippen LogP contribution in [0.4, 0.5) is 5.69 Å². The number of nitrogens with one attached hydrogen (secondary N) is 1. The molecule has 0 spiro atoms. The number of aryl methyl sites for hydroxylation is 1. The maximum atomic E-state index is 12.5. The second kappa shape index (κ2) is 8.66. The van der Waals surface area contributed by atoms with Gasteiger partial charge in [-0.15, -0.1) is 0 Å². The maximum absolute atomic E-state index is 12.5. The molecule has 0 aliphatic heterocycles. The molecular formula is C19H21N3O4S. The number of hydrogen-bond donors (Lipinski definition) is 1. The van der Waals surface area contributed by atoms with Gasteiger partial charge in [0.05, 0.1) is 23.6 Å². The summed E-state index contributed by atoms with van der Waals surface area (Å²) < 4.78 is 32.7. The zero-order chi connectivity index (χ0) is 20.0. The van der Waals surface area contributed by atoms with Gasteiger partial charge in [0.15, 0.2) is 0 Å². The van der Waals surface area contributed by atoms with Gasteiger partial charge in [-0.05, 0) is 48.9 Å². The van der Waals surface area contributed by atoms with Gasteiger partial charge < -0.3 is 9.64 Å². The second-order valence-electron chi connectivity index (χ2n) is 5.86. The van der Waals surface area contributed by atoms with E-state index < -0.39 is 10.0 Å². The van der Waals surface area contributed by atoms with E-state index in [0.717, 1.165) is 0 Å². The first-order valence-corrected chi connectivity index (χ1v) is 9.69. The van der Waals surface area contributed by atoms with Gasteiger partial charge in [0.2, 0.25) is 15.9 Å². The number of hydrogen-bond acceptors (Lipinski definition) is 5. The lowest BCUT2D eigenvalue weighted by Gasteiger charge is -2.21. The lowest BCUT2D eigenvalue weighted by Crippen LogP contribution is -2.37. The van der Waals surface area contributed by atoms with Crippen LogP contribution >= 0.6 is 0 Å². The Morgan fingerprint density at radius 1 is 1.26 bits per heavy atom. The first-order chi connectivity index (χ1) is 12.8. The quantitative estimate of drug-likeness (QED) is 0.785. The molecule has 1 amide bonds. The second-order valence-corrected chi connectivity index (χ2v) is 7.60. The molecule has 0 aromatic heterocycles. The Morgan fingerprint density at radius 3 is 2.59 bits per heavy atom. The standard InChI is InChI=1S/C19H21N3O4S/c1-14-11-18(26-3)7-8-19(14)27(24,25)21-9-10-22(15(2)23)17-6-4-5-16(12-17)13-20/h4-8,11-12,21H,9-10H2,1-3H3. The Bertz CT molecular complexity index is 981. The predicted octanol–water partition coefficient (Wildman–Crippen LogP) is 2.21. The van der Waals surface area contributed by atoms with Crippen molar-refractivity contribution in [1.82, 2.24) is 4.72 Å². The number of rotatable bonds is 7. The van der Waals surface area contributed by atoms with Crippen molar-refractivity contribution in [3.8, 4) is 11.8 Å². The molecule has 0 heterocycles. The number of sulfonamides is 1. The van der Waals surface area contributed by atoms with Crippen LogP contribution in [0.15, 0.2) is 47.4 Å². The minimum Gasteiger partial charge on any atom is -0.497 e.